The zero-order valence-electron chi connectivity index (χ0n) is 11.4. The van der Waals surface area contributed by atoms with E-state index in [9.17, 15) is 13.2 Å². The predicted molar refractivity (Wildman–Crippen MR) is 73.7 cm³/mol. The number of methoxy groups -OCH3 is 1. The van der Waals surface area contributed by atoms with Gasteiger partial charge in [0.25, 0.3) is 0 Å². The fraction of sp³-hybridized carbons (Fsp3) is 0.417. The lowest BCUT2D eigenvalue weighted by molar-refractivity contribution is 0.0596. The molecule has 8 heteroatoms. The minimum atomic E-state index is -3.93. The fourth-order valence-corrected chi connectivity index (χ4v) is 3.38. The van der Waals surface area contributed by atoms with Gasteiger partial charge in [0.15, 0.2) is 0 Å². The molecule has 1 aromatic carbocycles. The molecule has 0 saturated carbocycles. The van der Waals surface area contributed by atoms with Gasteiger partial charge in [-0.05, 0) is 18.2 Å². The number of ether oxygens (including phenoxy) is 1. The van der Waals surface area contributed by atoms with Crippen LogP contribution in [-0.4, -0.2) is 50.6 Å². The number of nitrogens with two attached hydrogens (primary N) is 1. The molecule has 1 aromatic rings. The Balaban J connectivity index is 3.43. The van der Waals surface area contributed by atoms with E-state index in [4.69, 9.17) is 10.8 Å². The molecule has 0 heterocycles. The first-order valence-corrected chi connectivity index (χ1v) is 7.41. The maximum atomic E-state index is 12.5. The van der Waals surface area contributed by atoms with E-state index in [-0.39, 0.29) is 35.8 Å². The third-order valence-corrected chi connectivity index (χ3v) is 4.75. The third-order valence-electron chi connectivity index (χ3n) is 2.73. The first-order valence-electron chi connectivity index (χ1n) is 5.97. The molecule has 7 nitrogen and oxygen atoms in total. The van der Waals surface area contributed by atoms with E-state index in [1.807, 2.05) is 0 Å². The van der Waals surface area contributed by atoms with Crippen molar-refractivity contribution >= 4 is 21.7 Å². The van der Waals surface area contributed by atoms with Crippen molar-refractivity contribution in [3.63, 3.8) is 0 Å². The summed E-state index contributed by atoms with van der Waals surface area (Å²) in [6.07, 6.45) is 0. The molecule has 0 fully saturated rings. The Hall–Kier alpha value is -1.64. The van der Waals surface area contributed by atoms with Crippen LogP contribution in [0.3, 0.4) is 0 Å². The van der Waals surface area contributed by atoms with Crippen molar-refractivity contribution in [2.24, 2.45) is 0 Å². The summed E-state index contributed by atoms with van der Waals surface area (Å²) < 4.78 is 30.6. The Morgan fingerprint density at radius 1 is 1.45 bits per heavy atom. The van der Waals surface area contributed by atoms with Gasteiger partial charge in [-0.1, -0.05) is 6.92 Å². The topological polar surface area (TPSA) is 110 Å². The molecule has 0 aliphatic rings. The van der Waals surface area contributed by atoms with Crippen molar-refractivity contribution in [3.05, 3.63) is 23.8 Å². The monoisotopic (exact) mass is 302 g/mol. The largest absolute Gasteiger partial charge is 0.465 e. The summed E-state index contributed by atoms with van der Waals surface area (Å²) in [7, 11) is -2.76. The highest BCUT2D eigenvalue weighted by atomic mass is 32.2. The number of sulfonamides is 1. The molecule has 0 saturated heterocycles. The van der Waals surface area contributed by atoms with Crippen LogP contribution in [0.4, 0.5) is 5.69 Å². The Kier molecular flexibility index (Phi) is 5.49. The number of esters is 1. The molecular weight excluding hydrogens is 284 g/mol. The Morgan fingerprint density at radius 3 is 2.60 bits per heavy atom. The minimum Gasteiger partial charge on any atom is -0.465 e. The van der Waals surface area contributed by atoms with Gasteiger partial charge in [-0.25, -0.2) is 13.2 Å². The van der Waals surface area contributed by atoms with Crippen molar-refractivity contribution < 1.29 is 23.1 Å². The number of rotatable bonds is 6. The first kappa shape index (κ1) is 16.4. The molecule has 0 amide bonds. The summed E-state index contributed by atoms with van der Waals surface area (Å²) in [5, 5.41) is 8.93. The summed E-state index contributed by atoms with van der Waals surface area (Å²) >= 11 is 0. The van der Waals surface area contributed by atoms with Gasteiger partial charge in [0.1, 0.15) is 0 Å². The molecule has 0 aliphatic carbocycles. The summed E-state index contributed by atoms with van der Waals surface area (Å²) in [6.45, 7) is 1.42. The normalized spacial score (nSPS) is 11.6. The lowest BCUT2D eigenvalue weighted by atomic mass is 10.2. The fourth-order valence-electron chi connectivity index (χ4n) is 1.73. The lowest BCUT2D eigenvalue weighted by Crippen LogP contribution is -2.34. The molecule has 0 atom stereocenters. The number of nitrogen functional groups attached to an aromatic ring is 1. The van der Waals surface area contributed by atoms with E-state index in [0.29, 0.717) is 0 Å². The number of hydrogen-bond acceptors (Lipinski definition) is 6. The van der Waals surface area contributed by atoms with Crippen LogP contribution in [0.1, 0.15) is 17.3 Å². The zero-order valence-corrected chi connectivity index (χ0v) is 12.2. The van der Waals surface area contributed by atoms with Gasteiger partial charge in [0.05, 0.1) is 24.2 Å². The molecule has 0 bridgehead atoms. The standard InChI is InChI=1S/C12H18N2O5S/c1-3-14(6-7-15)20(17,18)11-8-9(13)4-5-10(11)12(16)19-2/h4-5,8,15H,3,6-7,13H2,1-2H3. The van der Waals surface area contributed by atoms with Gasteiger partial charge in [0, 0.05) is 18.8 Å². The number of aliphatic hydroxyl groups excluding tert-OH is 1. The Labute approximate surface area is 118 Å². The molecule has 0 spiro atoms. The van der Waals surface area contributed by atoms with E-state index in [1.54, 1.807) is 6.92 Å². The summed E-state index contributed by atoms with van der Waals surface area (Å²) in [6, 6.07) is 3.94. The highest BCUT2D eigenvalue weighted by molar-refractivity contribution is 7.89. The third kappa shape index (κ3) is 3.27. The van der Waals surface area contributed by atoms with Gasteiger partial charge in [0.2, 0.25) is 10.0 Å². The number of nitrogens with zero attached hydrogens (tertiary/aromatic N) is 1. The van der Waals surface area contributed by atoms with Crippen LogP contribution in [0.15, 0.2) is 23.1 Å². The van der Waals surface area contributed by atoms with Crippen LogP contribution in [0.2, 0.25) is 0 Å². The summed E-state index contributed by atoms with van der Waals surface area (Å²) in [5.41, 5.74) is 5.73. The van der Waals surface area contributed by atoms with Crippen molar-refractivity contribution in [2.45, 2.75) is 11.8 Å². The molecule has 0 unspecified atom stereocenters. The number of carbonyl (C=O) groups excluding carboxylic acids is 1. The van der Waals surface area contributed by atoms with Crippen LogP contribution in [0.25, 0.3) is 0 Å². The molecule has 0 aromatic heterocycles. The van der Waals surface area contributed by atoms with E-state index in [0.717, 1.165) is 4.31 Å². The average molecular weight is 302 g/mol. The molecule has 3 N–H and O–H groups in total. The minimum absolute atomic E-state index is 0.0613. The van der Waals surface area contributed by atoms with Gasteiger partial charge in [-0.15, -0.1) is 0 Å². The second-order valence-corrected chi connectivity index (χ2v) is 5.87. The molecule has 1 rings (SSSR count). The molecule has 20 heavy (non-hydrogen) atoms. The summed E-state index contributed by atoms with van der Waals surface area (Å²) in [5.74, 6) is -0.761. The van der Waals surface area contributed by atoms with E-state index in [1.165, 1.54) is 25.3 Å². The van der Waals surface area contributed by atoms with Gasteiger partial charge in [-0.2, -0.15) is 4.31 Å². The number of aliphatic hydroxyl groups is 1. The second-order valence-electron chi connectivity index (χ2n) is 3.97. The number of hydrogen-bond donors (Lipinski definition) is 2. The Bertz CT molecular complexity index is 586. The number of carbonyl (C=O) groups is 1. The van der Waals surface area contributed by atoms with Crippen molar-refractivity contribution in [1.82, 2.24) is 4.31 Å². The van der Waals surface area contributed by atoms with Crippen molar-refractivity contribution in [1.29, 1.82) is 0 Å². The molecular formula is C12H18N2O5S. The number of likely N-dealkylation sites (N-methyl/N-ethyl adjacent to an activating group) is 1. The van der Waals surface area contributed by atoms with Gasteiger partial charge >= 0.3 is 5.97 Å². The smallest absolute Gasteiger partial charge is 0.339 e. The molecule has 0 radical (unpaired) electrons. The SMILES string of the molecule is CCN(CCO)S(=O)(=O)c1cc(N)ccc1C(=O)OC. The Morgan fingerprint density at radius 2 is 2.10 bits per heavy atom. The lowest BCUT2D eigenvalue weighted by Gasteiger charge is -2.20. The van der Waals surface area contributed by atoms with Gasteiger partial charge in [-0.3, -0.25) is 0 Å². The average Bonchev–Trinajstić information content (AvgIpc) is 2.43. The van der Waals surface area contributed by atoms with Gasteiger partial charge < -0.3 is 15.6 Å². The van der Waals surface area contributed by atoms with Crippen LogP contribution in [-0.2, 0) is 14.8 Å². The van der Waals surface area contributed by atoms with Crippen LogP contribution in [0.5, 0.6) is 0 Å². The predicted octanol–water partition coefficient (Wildman–Crippen LogP) is 0.0583. The molecule has 112 valence electrons. The van der Waals surface area contributed by atoms with Crippen molar-refractivity contribution in [3.8, 4) is 0 Å². The number of anilines is 1. The van der Waals surface area contributed by atoms with Crippen LogP contribution in [0, 0.1) is 0 Å². The van der Waals surface area contributed by atoms with Crippen molar-refractivity contribution in [2.75, 3.05) is 32.5 Å². The summed E-state index contributed by atoms with van der Waals surface area (Å²) in [4.78, 5) is 11.4. The highest BCUT2D eigenvalue weighted by Gasteiger charge is 2.28. The maximum Gasteiger partial charge on any atom is 0.339 e. The quantitative estimate of drug-likeness (QED) is 0.568. The van der Waals surface area contributed by atoms with Crippen LogP contribution < -0.4 is 5.73 Å². The maximum absolute atomic E-state index is 12.5. The van der Waals surface area contributed by atoms with E-state index in [2.05, 4.69) is 4.74 Å². The van der Waals surface area contributed by atoms with E-state index >= 15 is 0 Å². The first-order chi connectivity index (χ1) is 9.38. The molecule has 0 aliphatic heterocycles. The van der Waals surface area contributed by atoms with Crippen LogP contribution >= 0.6 is 0 Å². The second kappa shape index (κ2) is 6.69. The zero-order chi connectivity index (χ0) is 15.3. The number of benzene rings is 1. The highest BCUT2D eigenvalue weighted by Crippen LogP contribution is 2.23. The van der Waals surface area contributed by atoms with E-state index < -0.39 is 16.0 Å².